The second-order valence-corrected chi connectivity index (χ2v) is 4.13. The Hall–Kier alpha value is -2.83. The van der Waals surface area contributed by atoms with Crippen LogP contribution < -0.4 is 5.73 Å². The number of fused-ring (bicyclic) bond motifs is 1. The number of nitrogens with two attached hydrogens (primary N) is 1. The first-order chi connectivity index (χ1) is 9.08. The molecule has 2 heterocycles. The molecule has 7 heteroatoms. The van der Waals surface area contributed by atoms with E-state index >= 15 is 0 Å². The molecule has 0 spiro atoms. The van der Waals surface area contributed by atoms with Gasteiger partial charge in [0.05, 0.1) is 5.39 Å². The molecule has 3 aromatic rings. The summed E-state index contributed by atoms with van der Waals surface area (Å²) in [5.41, 5.74) is 7.65. The van der Waals surface area contributed by atoms with Gasteiger partial charge in [-0.3, -0.25) is 0 Å². The number of aryl methyl sites for hydroxylation is 1. The molecule has 0 fully saturated rings. The maximum Gasteiger partial charge on any atom is 0.163 e. The lowest BCUT2D eigenvalue weighted by Crippen LogP contribution is -1.95. The third kappa shape index (κ3) is 1.63. The van der Waals surface area contributed by atoms with Crippen molar-refractivity contribution in [2.75, 3.05) is 5.73 Å². The highest BCUT2D eigenvalue weighted by atomic mass is 16.3. The summed E-state index contributed by atoms with van der Waals surface area (Å²) in [4.78, 5) is 8.07. The van der Waals surface area contributed by atoms with Crippen molar-refractivity contribution < 1.29 is 10.2 Å². The average Bonchev–Trinajstić information content (AvgIpc) is 2.72. The lowest BCUT2D eigenvalue weighted by molar-refractivity contribution is 0.404. The van der Waals surface area contributed by atoms with Crippen molar-refractivity contribution in [3.63, 3.8) is 0 Å². The molecule has 4 N–H and O–H groups in total. The number of nitrogen functional groups attached to an aromatic ring is 1. The maximum absolute atomic E-state index is 9.56. The van der Waals surface area contributed by atoms with Crippen molar-refractivity contribution in [3.8, 4) is 22.8 Å². The Kier molecular flexibility index (Phi) is 2.28. The highest BCUT2D eigenvalue weighted by Gasteiger charge is 2.16. The van der Waals surface area contributed by atoms with E-state index in [1.54, 1.807) is 17.8 Å². The van der Waals surface area contributed by atoms with Crippen molar-refractivity contribution in [2.24, 2.45) is 7.05 Å². The number of aromatic hydroxyl groups is 2. The van der Waals surface area contributed by atoms with E-state index in [1.807, 2.05) is 0 Å². The van der Waals surface area contributed by atoms with E-state index < -0.39 is 0 Å². The Labute approximate surface area is 108 Å². The Morgan fingerprint density at radius 3 is 2.68 bits per heavy atom. The minimum Gasteiger partial charge on any atom is -0.504 e. The van der Waals surface area contributed by atoms with Gasteiger partial charge in [-0.2, -0.15) is 5.10 Å². The highest BCUT2D eigenvalue weighted by Crippen LogP contribution is 2.34. The predicted molar refractivity (Wildman–Crippen MR) is 69.5 cm³/mol. The number of benzene rings is 1. The fourth-order valence-corrected chi connectivity index (χ4v) is 1.98. The summed E-state index contributed by atoms with van der Waals surface area (Å²) >= 11 is 0. The summed E-state index contributed by atoms with van der Waals surface area (Å²) in [6.45, 7) is 0. The Morgan fingerprint density at radius 2 is 1.95 bits per heavy atom. The first kappa shape index (κ1) is 11.3. The quantitative estimate of drug-likeness (QED) is 0.561. The molecule has 0 saturated carbocycles. The lowest BCUT2D eigenvalue weighted by atomic mass is 10.1. The number of nitrogens with zero attached hydrogens (tertiary/aromatic N) is 4. The van der Waals surface area contributed by atoms with Crippen LogP contribution in [0.15, 0.2) is 24.5 Å². The van der Waals surface area contributed by atoms with Gasteiger partial charge in [-0.15, -0.1) is 0 Å². The van der Waals surface area contributed by atoms with Gasteiger partial charge < -0.3 is 15.9 Å². The second-order valence-electron chi connectivity index (χ2n) is 4.13. The molecule has 1 aromatic carbocycles. The summed E-state index contributed by atoms with van der Waals surface area (Å²) < 4.78 is 1.59. The van der Waals surface area contributed by atoms with Crippen molar-refractivity contribution in [1.29, 1.82) is 0 Å². The molecule has 0 aliphatic carbocycles. The molecule has 3 rings (SSSR count). The molecule has 0 bridgehead atoms. The molecular weight excluding hydrogens is 246 g/mol. The SMILES string of the molecule is Cn1nc(-c2ccc(O)c(O)c2)c2c(N)ncnc21. The zero-order valence-electron chi connectivity index (χ0n) is 10.1. The third-order valence-corrected chi connectivity index (χ3v) is 2.90. The summed E-state index contributed by atoms with van der Waals surface area (Å²) in [5.74, 6) is -0.0828. The molecule has 19 heavy (non-hydrogen) atoms. The van der Waals surface area contributed by atoms with E-state index in [2.05, 4.69) is 15.1 Å². The second kappa shape index (κ2) is 3.84. The topological polar surface area (TPSA) is 110 Å². The van der Waals surface area contributed by atoms with Gasteiger partial charge in [-0.25, -0.2) is 14.6 Å². The van der Waals surface area contributed by atoms with Crippen LogP contribution in [0.4, 0.5) is 5.82 Å². The molecule has 0 atom stereocenters. The molecule has 0 amide bonds. The molecule has 0 saturated heterocycles. The van der Waals surface area contributed by atoms with Crippen LogP contribution >= 0.6 is 0 Å². The van der Waals surface area contributed by atoms with Gasteiger partial charge in [0, 0.05) is 12.6 Å². The van der Waals surface area contributed by atoms with Crippen LogP contribution in [0.25, 0.3) is 22.3 Å². The normalized spacial score (nSPS) is 11.0. The minimum atomic E-state index is -0.216. The van der Waals surface area contributed by atoms with E-state index in [0.29, 0.717) is 28.1 Å². The Morgan fingerprint density at radius 1 is 1.16 bits per heavy atom. The monoisotopic (exact) mass is 257 g/mol. The standard InChI is InChI=1S/C12H11N5O2/c1-17-12-9(11(13)14-5-15-12)10(16-17)6-2-3-7(18)8(19)4-6/h2-5,18-19H,1H3,(H2,13,14,15). The van der Waals surface area contributed by atoms with Gasteiger partial charge >= 0.3 is 0 Å². The molecule has 2 aromatic heterocycles. The molecule has 0 radical (unpaired) electrons. The summed E-state index contributed by atoms with van der Waals surface area (Å²) in [6, 6.07) is 4.46. The zero-order valence-corrected chi connectivity index (χ0v) is 10.1. The van der Waals surface area contributed by atoms with E-state index in [1.165, 1.54) is 18.5 Å². The van der Waals surface area contributed by atoms with Gasteiger partial charge in [-0.1, -0.05) is 0 Å². The van der Waals surface area contributed by atoms with Gasteiger partial charge in [-0.05, 0) is 18.2 Å². The summed E-state index contributed by atoms with van der Waals surface area (Å²) in [5, 5.41) is 23.9. The summed E-state index contributed by atoms with van der Waals surface area (Å²) in [6.07, 6.45) is 1.37. The molecule has 0 aliphatic rings. The van der Waals surface area contributed by atoms with Crippen LogP contribution in [0.3, 0.4) is 0 Å². The molecular formula is C12H11N5O2. The number of hydrogen-bond acceptors (Lipinski definition) is 6. The molecule has 7 nitrogen and oxygen atoms in total. The van der Waals surface area contributed by atoms with Crippen LogP contribution in [0.5, 0.6) is 11.5 Å². The number of aromatic nitrogens is 4. The Balaban J connectivity index is 2.33. The van der Waals surface area contributed by atoms with Crippen molar-refractivity contribution in [2.45, 2.75) is 0 Å². The van der Waals surface area contributed by atoms with Crippen molar-refractivity contribution in [3.05, 3.63) is 24.5 Å². The van der Waals surface area contributed by atoms with Crippen LogP contribution in [0, 0.1) is 0 Å². The smallest absolute Gasteiger partial charge is 0.163 e. The third-order valence-electron chi connectivity index (χ3n) is 2.90. The van der Waals surface area contributed by atoms with Gasteiger partial charge in [0.2, 0.25) is 0 Å². The van der Waals surface area contributed by atoms with Crippen LogP contribution in [-0.2, 0) is 7.05 Å². The number of anilines is 1. The van der Waals surface area contributed by atoms with E-state index in [0.717, 1.165) is 0 Å². The van der Waals surface area contributed by atoms with Crippen LogP contribution in [0.2, 0.25) is 0 Å². The zero-order chi connectivity index (χ0) is 13.6. The first-order valence-electron chi connectivity index (χ1n) is 5.53. The molecule has 0 unspecified atom stereocenters. The first-order valence-corrected chi connectivity index (χ1v) is 5.53. The largest absolute Gasteiger partial charge is 0.504 e. The van der Waals surface area contributed by atoms with Gasteiger partial charge in [0.1, 0.15) is 17.8 Å². The van der Waals surface area contributed by atoms with E-state index in [-0.39, 0.29) is 11.5 Å². The number of phenols is 2. The van der Waals surface area contributed by atoms with E-state index in [9.17, 15) is 10.2 Å². The van der Waals surface area contributed by atoms with Crippen molar-refractivity contribution in [1.82, 2.24) is 19.7 Å². The van der Waals surface area contributed by atoms with Gasteiger partial charge in [0.15, 0.2) is 17.1 Å². The lowest BCUT2D eigenvalue weighted by Gasteiger charge is -2.02. The predicted octanol–water partition coefficient (Wildman–Crippen LogP) is 1.02. The fourth-order valence-electron chi connectivity index (χ4n) is 1.98. The summed E-state index contributed by atoms with van der Waals surface area (Å²) in [7, 11) is 1.75. The minimum absolute atomic E-state index is 0.187. The Bertz CT molecular complexity index is 781. The van der Waals surface area contributed by atoms with Crippen LogP contribution in [0.1, 0.15) is 0 Å². The maximum atomic E-state index is 9.56. The van der Waals surface area contributed by atoms with E-state index in [4.69, 9.17) is 5.73 Å². The fraction of sp³-hybridized carbons (Fsp3) is 0.0833. The molecule has 96 valence electrons. The van der Waals surface area contributed by atoms with Crippen molar-refractivity contribution >= 4 is 16.9 Å². The van der Waals surface area contributed by atoms with Crippen LogP contribution in [-0.4, -0.2) is 30.0 Å². The number of hydrogen-bond donors (Lipinski definition) is 3. The highest BCUT2D eigenvalue weighted by molar-refractivity contribution is 5.98. The molecule has 0 aliphatic heterocycles. The number of phenolic OH excluding ortho intramolecular Hbond substituents is 2. The van der Waals surface area contributed by atoms with Gasteiger partial charge in [0.25, 0.3) is 0 Å². The average molecular weight is 257 g/mol. The number of rotatable bonds is 1.